The molecule has 0 aliphatic rings. The first-order chi connectivity index (χ1) is 13.2. The third-order valence-corrected chi connectivity index (χ3v) is 7.02. The van der Waals surface area contributed by atoms with Crippen LogP contribution < -0.4 is 15.9 Å². The molecule has 0 radical (unpaired) electrons. The molecule has 0 N–H and O–H groups in total. The van der Waals surface area contributed by atoms with Crippen molar-refractivity contribution in [2.75, 3.05) is 13.1 Å². The van der Waals surface area contributed by atoms with Crippen LogP contribution in [0, 0.1) is 0 Å². The molecule has 3 rings (SSSR count). The number of hydrogen-bond acceptors (Lipinski definition) is 2. The number of rotatable bonds is 5. The summed E-state index contributed by atoms with van der Waals surface area (Å²) in [5, 5.41) is 4.19. The van der Waals surface area contributed by atoms with E-state index in [2.05, 4.69) is 91.0 Å². The largest absolute Gasteiger partial charge is 1.00 e. The average molecular weight is 608 g/mol. The SMILES string of the molecule is CCN(CC)C(=S)[S-].[Au+].c1ccc(P(c2ccccc2)c2ccccc2)cc1. The summed E-state index contributed by atoms with van der Waals surface area (Å²) < 4.78 is 0.579. The molecule has 0 heterocycles. The van der Waals surface area contributed by atoms with Crippen LogP contribution in [-0.2, 0) is 35.0 Å². The summed E-state index contributed by atoms with van der Waals surface area (Å²) in [5.74, 6) is 0. The van der Waals surface area contributed by atoms with Crippen molar-refractivity contribution < 1.29 is 22.4 Å². The van der Waals surface area contributed by atoms with Gasteiger partial charge in [0.25, 0.3) is 0 Å². The quantitative estimate of drug-likeness (QED) is 0.181. The Kier molecular flexibility index (Phi) is 12.5. The molecule has 150 valence electrons. The Morgan fingerprint density at radius 2 is 1.00 bits per heavy atom. The maximum Gasteiger partial charge on any atom is 1.00 e. The van der Waals surface area contributed by atoms with Crippen LogP contribution in [0.4, 0.5) is 0 Å². The summed E-state index contributed by atoms with van der Waals surface area (Å²) in [5.41, 5.74) is 0. The van der Waals surface area contributed by atoms with Gasteiger partial charge in [-0.25, -0.2) is 0 Å². The van der Waals surface area contributed by atoms with Crippen molar-refractivity contribution in [1.29, 1.82) is 0 Å². The zero-order chi connectivity index (χ0) is 19.5. The average Bonchev–Trinajstić information content (AvgIpc) is 2.72. The van der Waals surface area contributed by atoms with Crippen molar-refractivity contribution in [3.8, 4) is 0 Å². The Morgan fingerprint density at radius 1 is 0.714 bits per heavy atom. The molecular formula is C23H25AuNPS2. The third kappa shape index (κ3) is 7.75. The van der Waals surface area contributed by atoms with E-state index in [0.717, 1.165) is 13.1 Å². The van der Waals surface area contributed by atoms with E-state index in [1.165, 1.54) is 15.9 Å². The van der Waals surface area contributed by atoms with Gasteiger partial charge in [0, 0.05) is 13.1 Å². The van der Waals surface area contributed by atoms with Crippen molar-refractivity contribution in [3.63, 3.8) is 0 Å². The Bertz CT molecular complexity index is 703. The molecule has 0 atom stereocenters. The van der Waals surface area contributed by atoms with Crippen molar-refractivity contribution in [2.45, 2.75) is 13.8 Å². The van der Waals surface area contributed by atoms with Crippen LogP contribution >= 0.6 is 20.1 Å². The van der Waals surface area contributed by atoms with E-state index in [1.807, 2.05) is 18.7 Å². The normalized spacial score (nSPS) is 9.68. The van der Waals surface area contributed by atoms with Gasteiger partial charge in [-0.2, -0.15) is 0 Å². The van der Waals surface area contributed by atoms with E-state index in [9.17, 15) is 0 Å². The molecule has 3 aromatic rings. The number of nitrogens with zero attached hydrogens (tertiary/aromatic N) is 1. The van der Waals surface area contributed by atoms with Crippen LogP contribution in [0.25, 0.3) is 0 Å². The van der Waals surface area contributed by atoms with Gasteiger partial charge in [0.1, 0.15) is 0 Å². The molecule has 1 nitrogen and oxygen atoms in total. The van der Waals surface area contributed by atoms with Gasteiger partial charge in [0.15, 0.2) is 0 Å². The minimum absolute atomic E-state index is 0. The minimum atomic E-state index is -0.446. The summed E-state index contributed by atoms with van der Waals surface area (Å²) in [6.07, 6.45) is 0. The fourth-order valence-corrected chi connectivity index (χ4v) is 5.48. The van der Waals surface area contributed by atoms with E-state index >= 15 is 0 Å². The maximum atomic E-state index is 4.76. The molecule has 0 aliphatic carbocycles. The second-order valence-corrected chi connectivity index (χ2v) is 9.03. The van der Waals surface area contributed by atoms with E-state index in [4.69, 9.17) is 24.8 Å². The number of hydrogen-bond donors (Lipinski definition) is 0. The summed E-state index contributed by atoms with van der Waals surface area (Å²) >= 11 is 9.51. The van der Waals surface area contributed by atoms with E-state index in [1.54, 1.807) is 0 Å². The van der Waals surface area contributed by atoms with Crippen molar-refractivity contribution in [1.82, 2.24) is 4.90 Å². The fourth-order valence-electron chi connectivity index (χ4n) is 2.66. The molecular weight excluding hydrogens is 582 g/mol. The van der Waals surface area contributed by atoms with Gasteiger partial charge < -0.3 is 29.7 Å². The van der Waals surface area contributed by atoms with Crippen LogP contribution in [0.1, 0.15) is 13.8 Å². The molecule has 28 heavy (non-hydrogen) atoms. The van der Waals surface area contributed by atoms with Crippen molar-refractivity contribution >= 4 is 53.0 Å². The van der Waals surface area contributed by atoms with Crippen LogP contribution in [0.2, 0.25) is 0 Å². The molecule has 3 aromatic carbocycles. The van der Waals surface area contributed by atoms with Gasteiger partial charge in [-0.15, -0.1) is 0 Å². The predicted octanol–water partition coefficient (Wildman–Crippen LogP) is 4.60. The Balaban J connectivity index is 0.000000376. The molecule has 0 amide bonds. The van der Waals surface area contributed by atoms with Crippen LogP contribution in [-0.4, -0.2) is 22.3 Å². The van der Waals surface area contributed by atoms with Crippen LogP contribution in [0.15, 0.2) is 91.0 Å². The minimum Gasteiger partial charge on any atom is -0.411 e. The topological polar surface area (TPSA) is 3.24 Å². The van der Waals surface area contributed by atoms with Crippen molar-refractivity contribution in [3.05, 3.63) is 91.0 Å². The van der Waals surface area contributed by atoms with Gasteiger partial charge in [0.05, 0.1) is 0 Å². The first kappa shape index (κ1) is 25.0. The zero-order valence-electron chi connectivity index (χ0n) is 16.1. The molecule has 0 spiro atoms. The summed E-state index contributed by atoms with van der Waals surface area (Å²) in [6.45, 7) is 5.95. The molecule has 0 saturated carbocycles. The number of thiocarbonyl (C=S) groups is 1. The van der Waals surface area contributed by atoms with Crippen LogP contribution in [0.3, 0.4) is 0 Å². The smallest absolute Gasteiger partial charge is 0.411 e. The maximum absolute atomic E-state index is 4.76. The van der Waals surface area contributed by atoms with E-state index in [0.29, 0.717) is 4.32 Å². The molecule has 0 fully saturated rings. The second kappa shape index (κ2) is 14.0. The van der Waals surface area contributed by atoms with Gasteiger partial charge in [-0.05, 0) is 37.7 Å². The Hall–Kier alpha value is -1.06. The predicted molar refractivity (Wildman–Crippen MR) is 128 cm³/mol. The summed E-state index contributed by atoms with van der Waals surface area (Å²) in [7, 11) is -0.446. The molecule has 0 aromatic heterocycles. The van der Waals surface area contributed by atoms with Crippen molar-refractivity contribution in [2.24, 2.45) is 0 Å². The first-order valence-corrected chi connectivity index (χ1v) is 11.2. The summed E-state index contributed by atoms with van der Waals surface area (Å²) in [6, 6.07) is 32.3. The third-order valence-electron chi connectivity index (χ3n) is 4.06. The molecule has 5 heteroatoms. The summed E-state index contributed by atoms with van der Waals surface area (Å²) in [4.78, 5) is 1.96. The molecule has 0 aliphatic heterocycles. The van der Waals surface area contributed by atoms with Gasteiger partial charge in [-0.3, -0.25) is 0 Å². The Morgan fingerprint density at radius 3 is 1.18 bits per heavy atom. The monoisotopic (exact) mass is 607 g/mol. The van der Waals surface area contributed by atoms with Crippen LogP contribution in [0.5, 0.6) is 0 Å². The van der Waals surface area contributed by atoms with Gasteiger partial charge in [0.2, 0.25) is 0 Å². The standard InChI is InChI=1S/C18H15P.C5H11NS2.Au/c1-4-10-16(11-5-1)19(17-12-6-2-7-13-17)18-14-8-3-9-15-18;1-3-6(4-2)5(7)8;/h1-15H;3-4H2,1-2H3,(H,7,8);/q;;+1/p-1. The van der Waals surface area contributed by atoms with Gasteiger partial charge >= 0.3 is 22.4 Å². The molecule has 0 bridgehead atoms. The molecule has 0 saturated heterocycles. The first-order valence-electron chi connectivity index (χ1n) is 9.08. The zero-order valence-corrected chi connectivity index (χ0v) is 20.8. The van der Waals surface area contributed by atoms with E-state index in [-0.39, 0.29) is 22.4 Å². The number of benzene rings is 3. The second-order valence-electron chi connectivity index (χ2n) is 5.78. The van der Waals surface area contributed by atoms with Gasteiger partial charge in [-0.1, -0.05) is 95.3 Å². The Labute approximate surface area is 197 Å². The fraction of sp³-hybridized carbons (Fsp3) is 0.174. The molecule has 0 unspecified atom stereocenters. The van der Waals surface area contributed by atoms with E-state index < -0.39 is 7.92 Å².